The molecule has 1 aromatic carbocycles. The highest BCUT2D eigenvalue weighted by molar-refractivity contribution is 6.07. The molecule has 1 saturated carbocycles. The molecule has 2 amide bonds. The van der Waals surface area contributed by atoms with Gasteiger partial charge in [-0.05, 0) is 61.9 Å². The average Bonchev–Trinajstić information content (AvgIpc) is 3.46. The van der Waals surface area contributed by atoms with Gasteiger partial charge in [0.05, 0.1) is 23.9 Å². The third-order valence-corrected chi connectivity index (χ3v) is 5.84. The number of ether oxygens (including phenoxy) is 2. The first kappa shape index (κ1) is 19.8. The summed E-state index contributed by atoms with van der Waals surface area (Å²) < 4.78 is 11.3. The van der Waals surface area contributed by atoms with Crippen molar-refractivity contribution in [2.24, 2.45) is 5.92 Å². The number of rotatable bonds is 7. The van der Waals surface area contributed by atoms with Gasteiger partial charge < -0.3 is 25.0 Å². The number of benzene rings is 1. The monoisotopic (exact) mass is 422 g/mol. The van der Waals surface area contributed by atoms with Crippen LogP contribution in [0.15, 0.2) is 36.5 Å². The van der Waals surface area contributed by atoms with E-state index in [0.717, 1.165) is 38.0 Å². The summed E-state index contributed by atoms with van der Waals surface area (Å²) in [4.78, 5) is 31.3. The Balaban J connectivity index is 1.24. The van der Waals surface area contributed by atoms with E-state index >= 15 is 0 Å². The number of hydrogen-bond donors (Lipinski definition) is 2. The van der Waals surface area contributed by atoms with Crippen molar-refractivity contribution in [1.29, 1.82) is 0 Å². The molecule has 162 valence electrons. The molecule has 8 heteroatoms. The summed E-state index contributed by atoms with van der Waals surface area (Å²) in [6.07, 6.45) is 6.10. The van der Waals surface area contributed by atoms with E-state index < -0.39 is 0 Å². The molecule has 2 N–H and O–H groups in total. The molecule has 1 aliphatic carbocycles. The summed E-state index contributed by atoms with van der Waals surface area (Å²) in [6, 6.07) is 9.01. The largest absolute Gasteiger partial charge is 0.491 e. The normalized spacial score (nSPS) is 20.2. The SMILES string of the molecule is O=C(Nc1ccc(OCC2CCCO2)cc1)c1cnc2c(c1)N(CC1CC1)C(=O)CN2. The summed E-state index contributed by atoms with van der Waals surface area (Å²) in [5.74, 6) is 1.67. The molecule has 2 aliphatic heterocycles. The highest BCUT2D eigenvalue weighted by atomic mass is 16.5. The van der Waals surface area contributed by atoms with Crippen molar-refractivity contribution in [2.45, 2.75) is 31.8 Å². The molecule has 0 spiro atoms. The average molecular weight is 422 g/mol. The zero-order valence-corrected chi connectivity index (χ0v) is 17.3. The predicted octanol–water partition coefficient (Wildman–Crippen LogP) is 3.06. The van der Waals surface area contributed by atoms with Crippen LogP contribution in [-0.4, -0.2) is 49.2 Å². The van der Waals surface area contributed by atoms with Crippen molar-refractivity contribution in [3.8, 4) is 5.75 Å². The summed E-state index contributed by atoms with van der Waals surface area (Å²) in [6.45, 7) is 2.27. The van der Waals surface area contributed by atoms with E-state index in [1.807, 2.05) is 12.1 Å². The quantitative estimate of drug-likeness (QED) is 0.713. The van der Waals surface area contributed by atoms with Crippen molar-refractivity contribution in [1.82, 2.24) is 4.98 Å². The second-order valence-corrected chi connectivity index (χ2v) is 8.32. The van der Waals surface area contributed by atoms with Gasteiger partial charge in [-0.2, -0.15) is 0 Å². The van der Waals surface area contributed by atoms with E-state index in [2.05, 4.69) is 15.6 Å². The molecule has 2 fully saturated rings. The number of hydrogen-bond acceptors (Lipinski definition) is 6. The minimum atomic E-state index is -0.271. The van der Waals surface area contributed by atoms with Gasteiger partial charge in [0.15, 0.2) is 0 Å². The van der Waals surface area contributed by atoms with E-state index in [1.165, 1.54) is 6.20 Å². The lowest BCUT2D eigenvalue weighted by molar-refractivity contribution is -0.117. The number of nitrogens with zero attached hydrogens (tertiary/aromatic N) is 2. The van der Waals surface area contributed by atoms with Gasteiger partial charge in [-0.3, -0.25) is 9.59 Å². The third-order valence-electron chi connectivity index (χ3n) is 5.84. The fraction of sp³-hybridized carbons (Fsp3) is 0.435. The van der Waals surface area contributed by atoms with Crippen LogP contribution in [0.5, 0.6) is 5.75 Å². The molecule has 3 aliphatic rings. The van der Waals surface area contributed by atoms with Gasteiger partial charge in [0, 0.05) is 25.0 Å². The number of aromatic nitrogens is 1. The number of pyridine rings is 1. The molecule has 3 heterocycles. The van der Waals surface area contributed by atoms with Crippen molar-refractivity contribution < 1.29 is 19.1 Å². The lowest BCUT2D eigenvalue weighted by Gasteiger charge is -2.29. The molecular weight excluding hydrogens is 396 g/mol. The molecular formula is C23H26N4O4. The van der Waals surface area contributed by atoms with Crippen molar-refractivity contribution in [2.75, 3.05) is 41.8 Å². The number of anilines is 3. The molecule has 8 nitrogen and oxygen atoms in total. The second-order valence-electron chi connectivity index (χ2n) is 8.32. The fourth-order valence-electron chi connectivity index (χ4n) is 3.87. The van der Waals surface area contributed by atoms with Crippen LogP contribution < -0.4 is 20.3 Å². The van der Waals surface area contributed by atoms with Crippen LogP contribution in [0.25, 0.3) is 0 Å². The minimum Gasteiger partial charge on any atom is -0.491 e. The zero-order valence-electron chi connectivity index (χ0n) is 17.3. The Labute approximate surface area is 180 Å². The van der Waals surface area contributed by atoms with Crippen molar-refractivity contribution >= 4 is 29.0 Å². The maximum atomic E-state index is 12.8. The Bertz CT molecular complexity index is 968. The van der Waals surface area contributed by atoms with E-state index in [0.29, 0.717) is 41.8 Å². The third kappa shape index (κ3) is 4.64. The Morgan fingerprint density at radius 1 is 1.26 bits per heavy atom. The van der Waals surface area contributed by atoms with Gasteiger partial charge >= 0.3 is 0 Å². The lowest BCUT2D eigenvalue weighted by atomic mass is 10.1. The maximum absolute atomic E-state index is 12.8. The molecule has 1 aromatic heterocycles. The Kier molecular flexibility index (Phi) is 5.46. The van der Waals surface area contributed by atoms with Crippen LogP contribution in [0, 0.1) is 5.92 Å². The Hall–Kier alpha value is -3.13. The zero-order chi connectivity index (χ0) is 21.2. The van der Waals surface area contributed by atoms with E-state index in [9.17, 15) is 9.59 Å². The molecule has 1 atom stereocenters. The van der Waals surface area contributed by atoms with Crippen LogP contribution in [0.1, 0.15) is 36.0 Å². The van der Waals surface area contributed by atoms with Crippen molar-refractivity contribution in [3.05, 3.63) is 42.1 Å². The predicted molar refractivity (Wildman–Crippen MR) is 117 cm³/mol. The van der Waals surface area contributed by atoms with Gasteiger partial charge in [-0.25, -0.2) is 4.98 Å². The summed E-state index contributed by atoms with van der Waals surface area (Å²) in [5.41, 5.74) is 1.75. The van der Waals surface area contributed by atoms with Gasteiger partial charge in [-0.15, -0.1) is 0 Å². The number of amides is 2. The van der Waals surface area contributed by atoms with Crippen LogP contribution >= 0.6 is 0 Å². The fourth-order valence-corrected chi connectivity index (χ4v) is 3.87. The van der Waals surface area contributed by atoms with E-state index in [4.69, 9.17) is 9.47 Å². The van der Waals surface area contributed by atoms with Crippen LogP contribution in [0.4, 0.5) is 17.2 Å². The topological polar surface area (TPSA) is 92.8 Å². The highest BCUT2D eigenvalue weighted by Gasteiger charge is 2.32. The van der Waals surface area contributed by atoms with Gasteiger partial charge in [0.1, 0.15) is 18.2 Å². The maximum Gasteiger partial charge on any atom is 0.257 e. The van der Waals surface area contributed by atoms with Crippen LogP contribution in [-0.2, 0) is 9.53 Å². The number of carbonyl (C=O) groups is 2. The van der Waals surface area contributed by atoms with Crippen LogP contribution in [0.3, 0.4) is 0 Å². The number of fused-ring (bicyclic) bond motifs is 1. The summed E-state index contributed by atoms with van der Waals surface area (Å²) >= 11 is 0. The lowest BCUT2D eigenvalue weighted by Crippen LogP contribution is -2.41. The smallest absolute Gasteiger partial charge is 0.257 e. The van der Waals surface area contributed by atoms with Crippen molar-refractivity contribution in [3.63, 3.8) is 0 Å². The first-order chi connectivity index (χ1) is 15.2. The number of nitrogens with one attached hydrogen (secondary N) is 2. The van der Waals surface area contributed by atoms with Gasteiger partial charge in [-0.1, -0.05) is 0 Å². The minimum absolute atomic E-state index is 0.0114. The molecule has 31 heavy (non-hydrogen) atoms. The van der Waals surface area contributed by atoms with Gasteiger partial charge in [0.2, 0.25) is 5.91 Å². The highest BCUT2D eigenvalue weighted by Crippen LogP contribution is 2.35. The second kappa shape index (κ2) is 8.55. The van der Waals surface area contributed by atoms with E-state index in [-0.39, 0.29) is 24.5 Å². The van der Waals surface area contributed by atoms with Crippen LogP contribution in [0.2, 0.25) is 0 Å². The first-order valence-electron chi connectivity index (χ1n) is 10.9. The molecule has 0 bridgehead atoms. The molecule has 2 aromatic rings. The molecule has 0 radical (unpaired) electrons. The standard InChI is InChI=1S/C23H26N4O4/c28-21-12-25-22-20(27(21)13-15-3-4-15)10-16(11-24-22)23(29)26-17-5-7-18(8-6-17)31-14-19-2-1-9-30-19/h5-8,10-11,15,19H,1-4,9,12-14H2,(H,24,25)(H,26,29). The molecule has 1 saturated heterocycles. The number of carbonyl (C=O) groups excluding carboxylic acids is 2. The molecule has 5 rings (SSSR count). The van der Waals surface area contributed by atoms with E-state index in [1.54, 1.807) is 23.1 Å². The first-order valence-corrected chi connectivity index (χ1v) is 10.9. The summed E-state index contributed by atoms with van der Waals surface area (Å²) in [5, 5.41) is 5.92. The Morgan fingerprint density at radius 2 is 2.10 bits per heavy atom. The Morgan fingerprint density at radius 3 is 2.84 bits per heavy atom. The summed E-state index contributed by atoms with van der Waals surface area (Å²) in [7, 11) is 0. The molecule has 1 unspecified atom stereocenters. The van der Waals surface area contributed by atoms with Gasteiger partial charge in [0.25, 0.3) is 5.91 Å².